The molecule has 0 amide bonds. The Labute approximate surface area is 319 Å². The Morgan fingerprint density at radius 2 is 1.47 bits per heavy atom. The second-order valence-corrected chi connectivity index (χ2v) is 16.2. The molecular weight excluding hydrogens is 807 g/mol. The molecule has 1 aromatic heterocycles. The Kier molecular flexibility index (Phi) is 12.3. The van der Waals surface area contributed by atoms with E-state index in [-0.39, 0.29) is 47.9 Å². The maximum atomic E-state index is 12.2. The first kappa shape index (κ1) is 40.2. The van der Waals surface area contributed by atoms with Crippen LogP contribution in [-0.2, 0) is 31.3 Å². The van der Waals surface area contributed by atoms with Gasteiger partial charge in [0.1, 0.15) is 11.5 Å². The molecule has 4 aromatic carbocycles. The molecule has 5 aromatic rings. The number of carbonyl (C=O) groups excluding carboxylic acids is 1. The van der Waals surface area contributed by atoms with E-state index < -0.39 is 0 Å². The van der Waals surface area contributed by atoms with E-state index in [9.17, 15) is 9.90 Å². The predicted octanol–water partition coefficient (Wildman–Crippen LogP) is 13.5. The molecule has 273 valence electrons. The van der Waals surface area contributed by atoms with Crippen LogP contribution < -0.4 is 4.74 Å². The SMILES string of the molecule is CC(C)c1c2c([c-]c3ccccc13)-c1nccc3c1c(cc1c(CC(C)(C)C)cccc13)O2.CCC(C)(CC)C(=O)/C=C(\O)C(C)(CC)CC.[Ir]. The molecular formula is C46H56IrNO3-. The number of pyridine rings is 1. The van der Waals surface area contributed by atoms with Gasteiger partial charge in [-0.2, -0.15) is 0 Å². The third-order valence-corrected chi connectivity index (χ3v) is 11.3. The van der Waals surface area contributed by atoms with E-state index in [1.165, 1.54) is 38.7 Å². The van der Waals surface area contributed by atoms with Gasteiger partial charge in [0.2, 0.25) is 0 Å². The molecule has 0 spiro atoms. The summed E-state index contributed by atoms with van der Waals surface area (Å²) in [7, 11) is 0. The predicted molar refractivity (Wildman–Crippen MR) is 211 cm³/mol. The summed E-state index contributed by atoms with van der Waals surface area (Å²) in [5.41, 5.74) is 4.14. The fourth-order valence-electron chi connectivity index (χ4n) is 7.07. The Balaban J connectivity index is 0.000000279. The quantitative estimate of drug-likeness (QED) is 0.0681. The summed E-state index contributed by atoms with van der Waals surface area (Å²) in [5.74, 6) is 2.41. The first-order valence-electron chi connectivity index (χ1n) is 18.6. The van der Waals surface area contributed by atoms with E-state index in [1.807, 2.05) is 47.7 Å². The number of hydrogen-bond donors (Lipinski definition) is 1. The van der Waals surface area contributed by atoms with Gasteiger partial charge in [-0.05, 0) is 77.3 Å². The first-order valence-corrected chi connectivity index (χ1v) is 18.6. The average Bonchev–Trinajstić information content (AvgIpc) is 3.09. The standard InChI is InChI=1S/C31H28NO.C15H28O2.Ir/c1-18(2)27-21-11-7-6-9-19(21)15-25-29-28-23(13-14-32-29)22-12-8-10-20(17-31(3,4)5)24(22)16-26(28)33-30(25)27;1-7-14(5,8-2)12(16)11-13(17)15(6,9-3)10-4;/h6-14,16,18H,17H2,1-5H3;11,16H,7-10H2,1-6H3;/q-1;;/b;12-11-;. The van der Waals surface area contributed by atoms with E-state index in [0.29, 0.717) is 5.92 Å². The Morgan fingerprint density at radius 3 is 2.08 bits per heavy atom. The fourth-order valence-corrected chi connectivity index (χ4v) is 7.07. The number of allylic oxidation sites excluding steroid dienone is 2. The van der Waals surface area contributed by atoms with Gasteiger partial charge in [-0.25, -0.2) is 0 Å². The molecule has 0 saturated carbocycles. The number of carbonyl (C=O) groups is 1. The van der Waals surface area contributed by atoms with Gasteiger partial charge in [0.05, 0.1) is 5.75 Å². The number of aromatic nitrogens is 1. The van der Waals surface area contributed by atoms with E-state index in [0.717, 1.165) is 65.6 Å². The van der Waals surface area contributed by atoms with Crippen molar-refractivity contribution in [2.24, 2.45) is 16.2 Å². The molecule has 4 nitrogen and oxygen atoms in total. The van der Waals surface area contributed by atoms with Crippen LogP contribution in [0.15, 0.2) is 72.6 Å². The number of aliphatic hydroxyl groups is 1. The zero-order valence-corrected chi connectivity index (χ0v) is 34.9. The molecule has 6 rings (SSSR count). The molecule has 1 N–H and O–H groups in total. The number of fused-ring (bicyclic) bond motifs is 5. The molecule has 0 bridgehead atoms. The molecule has 0 atom stereocenters. The summed E-state index contributed by atoms with van der Waals surface area (Å²) < 4.78 is 6.77. The molecule has 0 unspecified atom stereocenters. The molecule has 1 aliphatic heterocycles. The molecule has 1 aliphatic rings. The minimum Gasteiger partial charge on any atom is -0.512 e. The van der Waals surface area contributed by atoms with Gasteiger partial charge in [-0.3, -0.25) is 9.78 Å². The van der Waals surface area contributed by atoms with Gasteiger partial charge in [-0.1, -0.05) is 129 Å². The smallest absolute Gasteiger partial charge is 0.164 e. The van der Waals surface area contributed by atoms with E-state index in [2.05, 4.69) is 95.3 Å². The molecule has 0 aliphatic carbocycles. The summed E-state index contributed by atoms with van der Waals surface area (Å²) in [6.07, 6.45) is 7.70. The van der Waals surface area contributed by atoms with Crippen LogP contribution >= 0.6 is 0 Å². The maximum absolute atomic E-state index is 12.2. The van der Waals surface area contributed by atoms with Gasteiger partial charge in [0.15, 0.2) is 5.78 Å². The molecule has 51 heavy (non-hydrogen) atoms. The number of ether oxygens (including phenoxy) is 1. The Bertz CT molecular complexity index is 2080. The number of ketones is 1. The van der Waals surface area contributed by atoms with E-state index in [4.69, 9.17) is 9.72 Å². The Morgan fingerprint density at radius 1 is 0.843 bits per heavy atom. The van der Waals surface area contributed by atoms with Crippen LogP contribution in [0.3, 0.4) is 0 Å². The van der Waals surface area contributed by atoms with Gasteiger partial charge >= 0.3 is 0 Å². The first-order chi connectivity index (χ1) is 23.6. The largest absolute Gasteiger partial charge is 0.512 e. The topological polar surface area (TPSA) is 59.4 Å². The van der Waals surface area contributed by atoms with Crippen molar-refractivity contribution < 1.29 is 34.7 Å². The van der Waals surface area contributed by atoms with Crippen LogP contribution in [0.5, 0.6) is 11.5 Å². The number of benzene rings is 4. The fraction of sp³-hybridized carbons (Fsp3) is 0.435. The summed E-state index contributed by atoms with van der Waals surface area (Å²) in [6, 6.07) is 23.2. The molecule has 0 saturated heterocycles. The van der Waals surface area contributed by atoms with Crippen LogP contribution in [-0.4, -0.2) is 15.9 Å². The maximum Gasteiger partial charge on any atom is 0.164 e. The van der Waals surface area contributed by atoms with Gasteiger partial charge < -0.3 is 9.84 Å². The van der Waals surface area contributed by atoms with Gasteiger partial charge in [0.25, 0.3) is 0 Å². The summed E-state index contributed by atoms with van der Waals surface area (Å²) in [6.45, 7) is 23.4. The summed E-state index contributed by atoms with van der Waals surface area (Å²) >= 11 is 0. The van der Waals surface area contributed by atoms with Crippen LogP contribution in [0, 0.1) is 22.3 Å². The van der Waals surface area contributed by atoms with Gasteiger partial charge in [-0.15, -0.1) is 17.5 Å². The minimum absolute atomic E-state index is 0. The zero-order valence-electron chi connectivity index (χ0n) is 32.5. The summed E-state index contributed by atoms with van der Waals surface area (Å²) in [5, 5.41) is 17.3. The third kappa shape index (κ3) is 7.81. The molecule has 5 heteroatoms. The second-order valence-electron chi connectivity index (χ2n) is 16.2. The van der Waals surface area contributed by atoms with E-state index in [1.54, 1.807) is 0 Å². The van der Waals surface area contributed by atoms with Crippen molar-refractivity contribution >= 4 is 38.1 Å². The molecule has 1 radical (unpaired) electrons. The van der Waals surface area contributed by atoms with E-state index >= 15 is 0 Å². The van der Waals surface area contributed by atoms with Crippen LogP contribution in [0.4, 0.5) is 0 Å². The monoisotopic (exact) mass is 863 g/mol. The normalized spacial score (nSPS) is 13.1. The number of rotatable bonds is 9. The second kappa shape index (κ2) is 15.6. The van der Waals surface area contributed by atoms with Crippen molar-refractivity contribution in [3.05, 3.63) is 89.8 Å². The number of nitrogens with zero attached hydrogens (tertiary/aromatic N) is 1. The zero-order chi connectivity index (χ0) is 36.6. The summed E-state index contributed by atoms with van der Waals surface area (Å²) in [4.78, 5) is 17.0. The van der Waals surface area contributed by atoms with Crippen molar-refractivity contribution in [1.29, 1.82) is 0 Å². The van der Waals surface area contributed by atoms with Crippen LogP contribution in [0.25, 0.3) is 43.6 Å². The van der Waals surface area contributed by atoms with Gasteiger partial charge in [0, 0.05) is 54.3 Å². The minimum atomic E-state index is -0.337. The third-order valence-electron chi connectivity index (χ3n) is 11.3. The van der Waals surface area contributed by atoms with Crippen molar-refractivity contribution in [3.63, 3.8) is 0 Å². The van der Waals surface area contributed by atoms with Crippen molar-refractivity contribution in [2.75, 3.05) is 0 Å². The van der Waals surface area contributed by atoms with Crippen molar-refractivity contribution in [3.8, 4) is 22.8 Å². The number of aliphatic hydroxyl groups excluding tert-OH is 1. The van der Waals surface area contributed by atoms with Crippen LogP contribution in [0.1, 0.15) is 119 Å². The number of hydrogen-bond acceptors (Lipinski definition) is 4. The molecule has 2 heterocycles. The Hall–Kier alpha value is -3.53. The molecule has 0 fully saturated rings. The van der Waals surface area contributed by atoms with Crippen molar-refractivity contribution in [1.82, 2.24) is 4.98 Å². The van der Waals surface area contributed by atoms with Crippen LogP contribution in [0.2, 0.25) is 0 Å². The van der Waals surface area contributed by atoms with Crippen molar-refractivity contribution in [2.45, 2.75) is 114 Å². The average molecular weight is 863 g/mol.